The van der Waals surface area contributed by atoms with Crippen LogP contribution in [0, 0.1) is 0 Å². The molecule has 0 aliphatic carbocycles. The first-order chi connectivity index (χ1) is 14.4. The van der Waals surface area contributed by atoms with Gasteiger partial charge in [-0.2, -0.15) is 0 Å². The fourth-order valence-electron chi connectivity index (χ4n) is 2.96. The minimum atomic E-state index is -3.06. The van der Waals surface area contributed by atoms with Gasteiger partial charge in [0.2, 0.25) is 11.0 Å². The van der Waals surface area contributed by atoms with Gasteiger partial charge in [0, 0.05) is 13.1 Å². The number of rotatable bonds is 8. The van der Waals surface area contributed by atoms with Gasteiger partial charge in [0.15, 0.2) is 14.2 Å². The summed E-state index contributed by atoms with van der Waals surface area (Å²) < 4.78 is 29.0. The van der Waals surface area contributed by atoms with E-state index in [1.54, 1.807) is 6.92 Å². The predicted molar refractivity (Wildman–Crippen MR) is 115 cm³/mol. The molecule has 1 atom stereocenters. The van der Waals surface area contributed by atoms with Crippen LogP contribution in [0.15, 0.2) is 34.7 Å². The van der Waals surface area contributed by atoms with Crippen LogP contribution in [0.4, 0.5) is 5.13 Å². The Kier molecular flexibility index (Phi) is 7.81. The molecule has 1 unspecified atom stereocenters. The van der Waals surface area contributed by atoms with Gasteiger partial charge in [-0.05, 0) is 12.5 Å². The fourth-order valence-corrected chi connectivity index (χ4v) is 5.75. The Morgan fingerprint density at radius 1 is 1.23 bits per heavy atom. The summed E-state index contributed by atoms with van der Waals surface area (Å²) in [7, 11) is -3.06. The molecule has 0 radical (unpaired) electrons. The van der Waals surface area contributed by atoms with E-state index in [2.05, 4.69) is 15.5 Å². The van der Waals surface area contributed by atoms with Gasteiger partial charge in [-0.3, -0.25) is 19.8 Å². The van der Waals surface area contributed by atoms with E-state index >= 15 is 0 Å². The van der Waals surface area contributed by atoms with Crippen molar-refractivity contribution in [3.8, 4) is 0 Å². The van der Waals surface area contributed by atoms with Gasteiger partial charge in [-0.25, -0.2) is 8.42 Å². The van der Waals surface area contributed by atoms with Crippen LogP contribution in [-0.4, -0.2) is 72.3 Å². The van der Waals surface area contributed by atoms with E-state index in [9.17, 15) is 18.0 Å². The average Bonchev–Trinajstić information content (AvgIpc) is 3.16. The van der Waals surface area contributed by atoms with Crippen LogP contribution in [0.2, 0.25) is 0 Å². The van der Waals surface area contributed by atoms with Crippen molar-refractivity contribution in [1.29, 1.82) is 0 Å². The smallest absolute Gasteiger partial charge is 0.316 e. The predicted octanol–water partition coefficient (Wildman–Crippen LogP) is 1.60. The quantitative estimate of drug-likeness (QED) is 0.349. The van der Waals surface area contributed by atoms with Crippen molar-refractivity contribution in [1.82, 2.24) is 15.1 Å². The molecule has 12 heteroatoms. The van der Waals surface area contributed by atoms with E-state index < -0.39 is 15.9 Å². The Bertz CT molecular complexity index is 967. The van der Waals surface area contributed by atoms with E-state index in [1.807, 2.05) is 35.2 Å². The molecule has 0 bridgehead atoms. The first-order valence-electron chi connectivity index (χ1n) is 9.30. The molecule has 2 aromatic rings. The van der Waals surface area contributed by atoms with Gasteiger partial charge in [-0.15, -0.1) is 10.2 Å². The molecule has 1 fully saturated rings. The van der Waals surface area contributed by atoms with E-state index in [0.717, 1.165) is 5.56 Å². The lowest BCUT2D eigenvalue weighted by Gasteiger charge is -2.33. The van der Waals surface area contributed by atoms with Crippen molar-refractivity contribution in [2.24, 2.45) is 0 Å². The summed E-state index contributed by atoms with van der Waals surface area (Å²) in [6.45, 7) is 2.62. The van der Waals surface area contributed by atoms with Crippen molar-refractivity contribution in [2.45, 2.75) is 17.3 Å². The lowest BCUT2D eigenvalue weighted by molar-refractivity contribution is -0.139. The van der Waals surface area contributed by atoms with Crippen LogP contribution in [0.5, 0.6) is 0 Å². The summed E-state index contributed by atoms with van der Waals surface area (Å²) in [5.74, 6) is -0.481. The highest BCUT2D eigenvalue weighted by Gasteiger charge is 2.33. The SMILES string of the molecule is CCOC(=O)CSc1nnc(NC(=O)C(c2ccccc2)N2CCS(=O)(=O)CC2)s1. The molecule has 2 heterocycles. The molecule has 3 rings (SSSR count). The van der Waals surface area contributed by atoms with Gasteiger partial charge in [0.1, 0.15) is 6.04 Å². The molecule has 1 aliphatic heterocycles. The molecule has 1 amide bonds. The number of nitrogens with one attached hydrogen (secondary N) is 1. The minimum Gasteiger partial charge on any atom is -0.465 e. The maximum Gasteiger partial charge on any atom is 0.316 e. The van der Waals surface area contributed by atoms with Crippen LogP contribution < -0.4 is 5.32 Å². The van der Waals surface area contributed by atoms with Crippen molar-refractivity contribution in [2.75, 3.05) is 42.3 Å². The highest BCUT2D eigenvalue weighted by molar-refractivity contribution is 8.01. The number of hydrogen-bond acceptors (Lipinski definition) is 10. The zero-order chi connectivity index (χ0) is 21.6. The highest BCUT2D eigenvalue weighted by Crippen LogP contribution is 2.28. The second kappa shape index (κ2) is 10.3. The maximum atomic E-state index is 13.1. The van der Waals surface area contributed by atoms with E-state index in [0.29, 0.717) is 16.1 Å². The summed E-state index contributed by atoms with van der Waals surface area (Å²) in [5.41, 5.74) is 0.774. The molecule has 0 spiro atoms. The molecule has 9 nitrogen and oxygen atoms in total. The summed E-state index contributed by atoms with van der Waals surface area (Å²) in [6, 6.07) is 8.58. The molecule has 1 aliphatic rings. The van der Waals surface area contributed by atoms with Crippen molar-refractivity contribution >= 4 is 49.9 Å². The Balaban J connectivity index is 1.69. The molecule has 1 aromatic heterocycles. The summed E-state index contributed by atoms with van der Waals surface area (Å²) in [6.07, 6.45) is 0. The first-order valence-corrected chi connectivity index (χ1v) is 12.9. The number of thioether (sulfide) groups is 1. The number of ether oxygens (including phenoxy) is 1. The van der Waals surface area contributed by atoms with Crippen LogP contribution in [0.25, 0.3) is 0 Å². The second-order valence-electron chi connectivity index (χ2n) is 6.46. The zero-order valence-corrected chi connectivity index (χ0v) is 18.8. The molecule has 162 valence electrons. The van der Waals surface area contributed by atoms with Gasteiger partial charge in [0.05, 0.1) is 23.9 Å². The molecular formula is C18H22N4O5S3. The van der Waals surface area contributed by atoms with Crippen molar-refractivity contribution in [3.05, 3.63) is 35.9 Å². The van der Waals surface area contributed by atoms with Crippen LogP contribution in [0.3, 0.4) is 0 Å². The third-order valence-electron chi connectivity index (χ3n) is 4.36. The zero-order valence-electron chi connectivity index (χ0n) is 16.3. The first kappa shape index (κ1) is 22.7. The van der Waals surface area contributed by atoms with Gasteiger partial charge >= 0.3 is 5.97 Å². The number of benzene rings is 1. The Morgan fingerprint density at radius 3 is 2.60 bits per heavy atom. The molecule has 1 saturated heterocycles. The molecule has 30 heavy (non-hydrogen) atoms. The van der Waals surface area contributed by atoms with E-state index in [4.69, 9.17) is 4.74 Å². The Morgan fingerprint density at radius 2 is 1.93 bits per heavy atom. The number of nitrogens with zero attached hydrogens (tertiary/aromatic N) is 3. The third-order valence-corrected chi connectivity index (χ3v) is 7.92. The monoisotopic (exact) mass is 470 g/mol. The standard InChI is InChI=1S/C18H22N4O5S3/c1-2-27-14(23)12-28-18-21-20-17(29-18)19-16(24)15(13-6-4-3-5-7-13)22-8-10-30(25,26)11-9-22/h3-7,15H,2,8-12H2,1H3,(H,19,20,24). The number of esters is 1. The van der Waals surface area contributed by atoms with E-state index in [-0.39, 0.29) is 42.2 Å². The molecule has 1 N–H and O–H groups in total. The van der Waals surface area contributed by atoms with Crippen LogP contribution in [-0.2, 0) is 24.2 Å². The minimum absolute atomic E-state index is 0.0249. The van der Waals surface area contributed by atoms with Crippen LogP contribution in [0.1, 0.15) is 18.5 Å². The normalized spacial score (nSPS) is 17.2. The number of aromatic nitrogens is 2. The van der Waals surface area contributed by atoms with Gasteiger partial charge in [-0.1, -0.05) is 53.4 Å². The van der Waals surface area contributed by atoms with Crippen molar-refractivity contribution < 1.29 is 22.7 Å². The van der Waals surface area contributed by atoms with Gasteiger partial charge in [0.25, 0.3) is 0 Å². The summed E-state index contributed by atoms with van der Waals surface area (Å²) in [5, 5.41) is 11.0. The molecular weight excluding hydrogens is 448 g/mol. The lowest BCUT2D eigenvalue weighted by Crippen LogP contribution is -2.46. The molecule has 1 aromatic carbocycles. The van der Waals surface area contributed by atoms with E-state index in [1.165, 1.54) is 23.1 Å². The summed E-state index contributed by atoms with van der Waals surface area (Å²) in [4.78, 5) is 26.4. The number of amides is 1. The van der Waals surface area contributed by atoms with Gasteiger partial charge < -0.3 is 4.74 Å². The third kappa shape index (κ3) is 6.24. The number of carbonyl (C=O) groups is 2. The second-order valence-corrected chi connectivity index (χ2v) is 11.0. The number of hydrogen-bond donors (Lipinski definition) is 1. The van der Waals surface area contributed by atoms with Crippen molar-refractivity contribution in [3.63, 3.8) is 0 Å². The Hall–Kier alpha value is -2.02. The molecule has 0 saturated carbocycles. The number of anilines is 1. The van der Waals surface area contributed by atoms with Crippen LogP contribution >= 0.6 is 23.1 Å². The number of carbonyl (C=O) groups excluding carboxylic acids is 2. The highest BCUT2D eigenvalue weighted by atomic mass is 32.2. The average molecular weight is 471 g/mol. The topological polar surface area (TPSA) is 119 Å². The maximum absolute atomic E-state index is 13.1. The summed E-state index contributed by atoms with van der Waals surface area (Å²) >= 11 is 2.36. The largest absolute Gasteiger partial charge is 0.465 e. The Labute approximate surface area is 183 Å². The fraction of sp³-hybridized carbons (Fsp3) is 0.444. The lowest BCUT2D eigenvalue weighted by atomic mass is 10.0. The number of sulfone groups is 1.